The molecule has 1 saturated carbocycles. The van der Waals surface area contributed by atoms with Gasteiger partial charge < -0.3 is 9.63 Å². The summed E-state index contributed by atoms with van der Waals surface area (Å²) in [7, 11) is 0. The Labute approximate surface area is 111 Å². The van der Waals surface area contributed by atoms with Crippen molar-refractivity contribution >= 4 is 5.97 Å². The maximum absolute atomic E-state index is 11.4. The number of hydrogen-bond donors (Lipinski definition) is 1. The highest BCUT2D eigenvalue weighted by atomic mass is 16.5. The summed E-state index contributed by atoms with van der Waals surface area (Å²) < 4.78 is 5.14. The molecular formula is C13H19N3O3. The number of rotatable bonds is 3. The minimum atomic E-state index is -0.731. The third-order valence-corrected chi connectivity index (χ3v) is 4.39. The van der Waals surface area contributed by atoms with Crippen molar-refractivity contribution in [2.45, 2.75) is 57.7 Å². The van der Waals surface area contributed by atoms with E-state index in [0.717, 1.165) is 19.3 Å². The molecule has 1 saturated heterocycles. The van der Waals surface area contributed by atoms with Crippen LogP contribution in [0.25, 0.3) is 0 Å². The van der Waals surface area contributed by atoms with Gasteiger partial charge in [-0.25, -0.2) is 0 Å². The van der Waals surface area contributed by atoms with Gasteiger partial charge in [0.15, 0.2) is 5.82 Å². The van der Waals surface area contributed by atoms with E-state index >= 15 is 0 Å². The normalized spacial score (nSPS) is 31.3. The van der Waals surface area contributed by atoms with Crippen LogP contribution in [0, 0.1) is 12.8 Å². The molecular weight excluding hydrogens is 246 g/mol. The number of aromatic nitrogens is 2. The highest BCUT2D eigenvalue weighted by molar-refractivity contribution is 5.74. The average Bonchev–Trinajstić information content (AvgIpc) is 2.95. The van der Waals surface area contributed by atoms with Gasteiger partial charge in [0.05, 0.1) is 6.54 Å². The predicted octanol–water partition coefficient (Wildman–Crippen LogP) is 1.60. The van der Waals surface area contributed by atoms with Crippen molar-refractivity contribution in [3.63, 3.8) is 0 Å². The molecule has 0 spiro atoms. The van der Waals surface area contributed by atoms with E-state index in [-0.39, 0.29) is 0 Å². The van der Waals surface area contributed by atoms with Gasteiger partial charge in [0.2, 0.25) is 5.89 Å². The summed E-state index contributed by atoms with van der Waals surface area (Å²) in [6.45, 7) is 2.23. The Morgan fingerprint density at radius 2 is 2.26 bits per heavy atom. The van der Waals surface area contributed by atoms with Gasteiger partial charge in [-0.05, 0) is 32.1 Å². The molecule has 6 nitrogen and oxygen atoms in total. The summed E-state index contributed by atoms with van der Waals surface area (Å²) in [5.41, 5.74) is 0. The molecule has 0 aromatic carbocycles. The summed E-state index contributed by atoms with van der Waals surface area (Å²) in [5, 5.41) is 13.2. The van der Waals surface area contributed by atoms with Crippen molar-refractivity contribution in [2.75, 3.05) is 0 Å². The monoisotopic (exact) mass is 265 g/mol. The fraction of sp³-hybridized carbons (Fsp3) is 0.769. The molecule has 104 valence electrons. The number of fused-ring (bicyclic) bond motifs is 1. The Morgan fingerprint density at radius 3 is 2.95 bits per heavy atom. The zero-order valence-electron chi connectivity index (χ0n) is 11.1. The lowest BCUT2D eigenvalue weighted by molar-refractivity contribution is -0.143. The molecule has 2 aliphatic rings. The van der Waals surface area contributed by atoms with Crippen LogP contribution in [0.4, 0.5) is 0 Å². The third kappa shape index (κ3) is 2.36. The summed E-state index contributed by atoms with van der Waals surface area (Å²) in [4.78, 5) is 17.7. The van der Waals surface area contributed by atoms with Crippen LogP contribution < -0.4 is 0 Å². The van der Waals surface area contributed by atoms with E-state index in [1.807, 2.05) is 0 Å². The number of likely N-dealkylation sites (tertiary alicyclic amines) is 1. The van der Waals surface area contributed by atoms with Crippen LogP contribution in [-0.4, -0.2) is 38.2 Å². The lowest BCUT2D eigenvalue weighted by Gasteiger charge is -2.31. The maximum Gasteiger partial charge on any atom is 0.320 e. The van der Waals surface area contributed by atoms with Crippen LogP contribution in [0.1, 0.15) is 43.8 Å². The van der Waals surface area contributed by atoms with Crippen molar-refractivity contribution in [2.24, 2.45) is 5.92 Å². The van der Waals surface area contributed by atoms with Crippen molar-refractivity contribution in [3.05, 3.63) is 11.7 Å². The van der Waals surface area contributed by atoms with Gasteiger partial charge in [-0.1, -0.05) is 18.0 Å². The van der Waals surface area contributed by atoms with Crippen LogP contribution in [0.15, 0.2) is 4.52 Å². The van der Waals surface area contributed by atoms with Gasteiger partial charge in [0.1, 0.15) is 6.04 Å². The quantitative estimate of drug-likeness (QED) is 0.894. The number of hydrogen-bond acceptors (Lipinski definition) is 5. The molecule has 3 unspecified atom stereocenters. The second-order valence-electron chi connectivity index (χ2n) is 5.61. The van der Waals surface area contributed by atoms with E-state index in [0.29, 0.717) is 30.2 Å². The van der Waals surface area contributed by atoms with Gasteiger partial charge in [-0.2, -0.15) is 4.98 Å². The van der Waals surface area contributed by atoms with Crippen LogP contribution in [0.5, 0.6) is 0 Å². The summed E-state index contributed by atoms with van der Waals surface area (Å²) in [5.74, 6) is 0.903. The summed E-state index contributed by atoms with van der Waals surface area (Å²) >= 11 is 0. The third-order valence-electron chi connectivity index (χ3n) is 4.39. The van der Waals surface area contributed by atoms with E-state index in [4.69, 9.17) is 4.52 Å². The number of carbonyl (C=O) groups is 1. The highest BCUT2D eigenvalue weighted by Crippen LogP contribution is 2.40. The van der Waals surface area contributed by atoms with Gasteiger partial charge in [-0.15, -0.1) is 0 Å². The minimum absolute atomic E-state index is 0.363. The summed E-state index contributed by atoms with van der Waals surface area (Å²) in [6, 6.07) is -0.0395. The molecule has 6 heteroatoms. The van der Waals surface area contributed by atoms with E-state index in [1.165, 1.54) is 12.8 Å². The number of nitrogens with zero attached hydrogens (tertiary/aromatic N) is 3. The van der Waals surface area contributed by atoms with Gasteiger partial charge >= 0.3 is 5.97 Å². The summed E-state index contributed by atoms with van der Waals surface area (Å²) in [6.07, 6.45) is 5.40. The zero-order chi connectivity index (χ0) is 13.4. The molecule has 1 aromatic rings. The first kappa shape index (κ1) is 12.6. The molecule has 0 radical (unpaired) electrons. The number of aliphatic carboxylic acids is 1. The number of carboxylic acid groups (broad SMARTS) is 1. The van der Waals surface area contributed by atoms with E-state index in [1.54, 1.807) is 6.92 Å². The molecule has 0 amide bonds. The Morgan fingerprint density at radius 1 is 1.47 bits per heavy atom. The van der Waals surface area contributed by atoms with E-state index in [2.05, 4.69) is 15.0 Å². The number of aryl methyl sites for hydroxylation is 1. The zero-order valence-corrected chi connectivity index (χ0v) is 11.1. The molecule has 2 fully saturated rings. The van der Waals surface area contributed by atoms with Crippen molar-refractivity contribution in [1.82, 2.24) is 15.0 Å². The van der Waals surface area contributed by atoms with Crippen LogP contribution in [-0.2, 0) is 11.3 Å². The molecule has 1 N–H and O–H groups in total. The van der Waals surface area contributed by atoms with Gasteiger partial charge in [0, 0.05) is 6.04 Å². The van der Waals surface area contributed by atoms with E-state index in [9.17, 15) is 9.90 Å². The Bertz CT molecular complexity index is 473. The van der Waals surface area contributed by atoms with Crippen LogP contribution in [0.2, 0.25) is 0 Å². The SMILES string of the molecule is Cc1noc(CN2C(C(=O)O)CC3CCCCC32)n1. The molecule has 1 aliphatic heterocycles. The second kappa shape index (κ2) is 4.92. The Hall–Kier alpha value is -1.43. The molecule has 2 heterocycles. The van der Waals surface area contributed by atoms with Crippen molar-refractivity contribution in [3.8, 4) is 0 Å². The smallest absolute Gasteiger partial charge is 0.320 e. The molecule has 19 heavy (non-hydrogen) atoms. The molecule has 1 aromatic heterocycles. The highest BCUT2D eigenvalue weighted by Gasteiger charge is 2.45. The first-order valence-electron chi connectivity index (χ1n) is 6.93. The minimum Gasteiger partial charge on any atom is -0.480 e. The molecule has 3 rings (SSSR count). The first-order chi connectivity index (χ1) is 9.15. The van der Waals surface area contributed by atoms with Crippen molar-refractivity contribution in [1.29, 1.82) is 0 Å². The first-order valence-corrected chi connectivity index (χ1v) is 6.93. The van der Waals surface area contributed by atoms with Crippen LogP contribution in [0.3, 0.4) is 0 Å². The average molecular weight is 265 g/mol. The van der Waals surface area contributed by atoms with E-state index < -0.39 is 12.0 Å². The lowest BCUT2D eigenvalue weighted by Crippen LogP contribution is -2.41. The number of carboxylic acids is 1. The maximum atomic E-state index is 11.4. The fourth-order valence-electron chi connectivity index (χ4n) is 3.58. The standard InChI is InChI=1S/C13H19N3O3/c1-8-14-12(19-15-8)7-16-10-5-3-2-4-9(10)6-11(16)13(17)18/h9-11H,2-7H2,1H3,(H,17,18). The predicted molar refractivity (Wildman–Crippen MR) is 66.4 cm³/mol. The van der Waals surface area contributed by atoms with Gasteiger partial charge in [0.25, 0.3) is 0 Å². The Kier molecular flexibility index (Phi) is 3.26. The lowest BCUT2D eigenvalue weighted by atomic mass is 9.85. The van der Waals surface area contributed by atoms with Crippen molar-refractivity contribution < 1.29 is 14.4 Å². The van der Waals surface area contributed by atoms with Gasteiger partial charge in [-0.3, -0.25) is 9.69 Å². The Balaban J connectivity index is 1.80. The fourth-order valence-corrected chi connectivity index (χ4v) is 3.58. The second-order valence-corrected chi connectivity index (χ2v) is 5.61. The molecule has 3 atom stereocenters. The molecule has 1 aliphatic carbocycles. The topological polar surface area (TPSA) is 79.5 Å². The molecule has 0 bridgehead atoms. The van der Waals surface area contributed by atoms with Crippen LogP contribution >= 0.6 is 0 Å². The largest absolute Gasteiger partial charge is 0.480 e.